The van der Waals surface area contributed by atoms with Crippen molar-refractivity contribution < 1.29 is 9.66 Å². The molecule has 0 unspecified atom stereocenters. The lowest BCUT2D eigenvalue weighted by Gasteiger charge is -2.26. The molecule has 2 rings (SSSR count). The second-order valence-corrected chi connectivity index (χ2v) is 5.38. The van der Waals surface area contributed by atoms with Crippen molar-refractivity contribution in [3.05, 3.63) is 33.9 Å². The van der Waals surface area contributed by atoms with Crippen molar-refractivity contribution in [2.45, 2.75) is 19.8 Å². The van der Waals surface area contributed by atoms with Crippen LogP contribution in [0.3, 0.4) is 0 Å². The van der Waals surface area contributed by atoms with Crippen molar-refractivity contribution in [3.63, 3.8) is 0 Å². The minimum atomic E-state index is -0.386. The topological polar surface area (TPSA) is 67.6 Å². The van der Waals surface area contributed by atoms with Crippen molar-refractivity contribution in [2.24, 2.45) is 0 Å². The molecule has 1 heterocycles. The largest absolute Gasteiger partial charge is 0.487 e. The zero-order chi connectivity index (χ0) is 15.1. The molecule has 0 aliphatic carbocycles. The molecule has 0 spiro atoms. The Labute approximate surface area is 125 Å². The Morgan fingerprint density at radius 3 is 2.81 bits per heavy atom. The van der Waals surface area contributed by atoms with Crippen LogP contribution in [-0.2, 0) is 0 Å². The number of hydrogen-bond donors (Lipinski definition) is 1. The number of nitrogens with one attached hydrogen (secondary N) is 1. The molecule has 1 saturated heterocycles. The highest BCUT2D eigenvalue weighted by Gasteiger charge is 2.15. The highest BCUT2D eigenvalue weighted by atomic mass is 16.6. The summed E-state index contributed by atoms with van der Waals surface area (Å²) in [5, 5.41) is 14.3. The zero-order valence-corrected chi connectivity index (χ0v) is 12.5. The fourth-order valence-electron chi connectivity index (χ4n) is 2.45. The zero-order valence-electron chi connectivity index (χ0n) is 12.5. The van der Waals surface area contributed by atoms with Gasteiger partial charge in [0, 0.05) is 32.2 Å². The van der Waals surface area contributed by atoms with E-state index >= 15 is 0 Å². The molecule has 0 aromatic heterocycles. The number of piperazine rings is 1. The molecule has 0 bridgehead atoms. The third kappa shape index (κ3) is 4.99. The Kier molecular flexibility index (Phi) is 5.95. The maximum Gasteiger partial charge on any atom is 0.311 e. The predicted molar refractivity (Wildman–Crippen MR) is 81.9 cm³/mol. The van der Waals surface area contributed by atoms with Gasteiger partial charge >= 0.3 is 5.69 Å². The third-order valence-electron chi connectivity index (χ3n) is 3.65. The first kappa shape index (κ1) is 15.7. The van der Waals surface area contributed by atoms with Crippen LogP contribution < -0.4 is 10.1 Å². The number of nitrogens with zero attached hydrogens (tertiary/aromatic N) is 2. The van der Waals surface area contributed by atoms with E-state index in [-0.39, 0.29) is 10.6 Å². The van der Waals surface area contributed by atoms with Gasteiger partial charge in [-0.25, -0.2) is 0 Å². The number of rotatable bonds is 7. The first-order valence-electron chi connectivity index (χ1n) is 7.48. The van der Waals surface area contributed by atoms with Crippen LogP contribution in [0.4, 0.5) is 5.69 Å². The van der Waals surface area contributed by atoms with Gasteiger partial charge in [0.15, 0.2) is 5.75 Å². The second-order valence-electron chi connectivity index (χ2n) is 5.38. The van der Waals surface area contributed by atoms with Gasteiger partial charge in [0.2, 0.25) is 0 Å². The number of benzene rings is 1. The number of hydrogen-bond acceptors (Lipinski definition) is 5. The molecule has 0 amide bonds. The molecule has 21 heavy (non-hydrogen) atoms. The molecule has 1 aliphatic heterocycles. The van der Waals surface area contributed by atoms with E-state index in [9.17, 15) is 10.1 Å². The van der Waals surface area contributed by atoms with Crippen LogP contribution >= 0.6 is 0 Å². The minimum Gasteiger partial charge on any atom is -0.487 e. The molecule has 1 aromatic carbocycles. The number of ether oxygens (including phenoxy) is 1. The summed E-state index contributed by atoms with van der Waals surface area (Å²) in [6.07, 6.45) is 1.97. The van der Waals surface area contributed by atoms with Gasteiger partial charge in [-0.3, -0.25) is 10.1 Å². The van der Waals surface area contributed by atoms with Gasteiger partial charge in [0.05, 0.1) is 11.5 Å². The van der Waals surface area contributed by atoms with Gasteiger partial charge in [0.1, 0.15) is 0 Å². The molecule has 0 radical (unpaired) electrons. The lowest BCUT2D eigenvalue weighted by molar-refractivity contribution is -0.385. The molecule has 6 nitrogen and oxygen atoms in total. The van der Waals surface area contributed by atoms with E-state index in [0.717, 1.165) is 51.1 Å². The van der Waals surface area contributed by atoms with Gasteiger partial charge < -0.3 is 15.0 Å². The Balaban J connectivity index is 1.72. The number of unbranched alkanes of at least 4 members (excludes halogenated alkanes) is 1. The Morgan fingerprint density at radius 2 is 2.10 bits per heavy atom. The molecule has 0 atom stereocenters. The summed E-state index contributed by atoms with van der Waals surface area (Å²) in [7, 11) is 0. The summed E-state index contributed by atoms with van der Waals surface area (Å²) >= 11 is 0. The number of aryl methyl sites for hydroxylation is 1. The van der Waals surface area contributed by atoms with E-state index in [0.29, 0.717) is 12.4 Å². The highest BCUT2D eigenvalue weighted by molar-refractivity contribution is 5.48. The highest BCUT2D eigenvalue weighted by Crippen LogP contribution is 2.27. The van der Waals surface area contributed by atoms with Gasteiger partial charge in [-0.05, 0) is 37.9 Å². The molecule has 1 aromatic rings. The van der Waals surface area contributed by atoms with Crippen LogP contribution in [-0.4, -0.2) is 49.2 Å². The van der Waals surface area contributed by atoms with Crippen LogP contribution in [0.5, 0.6) is 5.75 Å². The lowest BCUT2D eigenvalue weighted by atomic mass is 10.2. The Bertz CT molecular complexity index is 473. The van der Waals surface area contributed by atoms with Crippen molar-refractivity contribution in [1.82, 2.24) is 10.2 Å². The van der Waals surface area contributed by atoms with Crippen LogP contribution in [0, 0.1) is 17.0 Å². The normalized spacial score (nSPS) is 15.9. The monoisotopic (exact) mass is 293 g/mol. The maximum absolute atomic E-state index is 11.0. The fourth-order valence-corrected chi connectivity index (χ4v) is 2.45. The molecular formula is C15H23N3O3. The molecular weight excluding hydrogens is 270 g/mol. The van der Waals surface area contributed by atoms with E-state index in [2.05, 4.69) is 10.2 Å². The first-order chi connectivity index (χ1) is 10.2. The van der Waals surface area contributed by atoms with Gasteiger partial charge in [0.25, 0.3) is 0 Å². The van der Waals surface area contributed by atoms with Crippen LogP contribution in [0.2, 0.25) is 0 Å². The average Bonchev–Trinajstić information content (AvgIpc) is 2.49. The summed E-state index contributed by atoms with van der Waals surface area (Å²) in [5.41, 5.74) is 0.921. The first-order valence-corrected chi connectivity index (χ1v) is 7.48. The minimum absolute atomic E-state index is 0.0529. The SMILES string of the molecule is Cc1ccc(OCCCCN2CCNCC2)c([N+](=O)[O-])c1. The predicted octanol–water partition coefficient (Wildman–Crippen LogP) is 1.97. The summed E-state index contributed by atoms with van der Waals surface area (Å²) < 4.78 is 5.57. The van der Waals surface area contributed by atoms with E-state index < -0.39 is 0 Å². The summed E-state index contributed by atoms with van der Waals surface area (Å²) in [5.74, 6) is 0.368. The molecule has 1 aliphatic rings. The standard InChI is InChI=1S/C15H23N3O3/c1-13-4-5-15(14(12-13)18(19)20)21-11-3-2-8-17-9-6-16-7-10-17/h4-5,12,16H,2-3,6-11H2,1H3. The number of nitro benzene ring substituents is 1. The fraction of sp³-hybridized carbons (Fsp3) is 0.600. The second kappa shape index (κ2) is 7.95. The molecule has 1 N–H and O–H groups in total. The smallest absolute Gasteiger partial charge is 0.311 e. The van der Waals surface area contributed by atoms with Crippen LogP contribution in [0.15, 0.2) is 18.2 Å². The van der Waals surface area contributed by atoms with Gasteiger partial charge in [-0.2, -0.15) is 0 Å². The molecule has 1 fully saturated rings. The van der Waals surface area contributed by atoms with Crippen LogP contribution in [0.1, 0.15) is 18.4 Å². The average molecular weight is 293 g/mol. The lowest BCUT2D eigenvalue weighted by Crippen LogP contribution is -2.43. The van der Waals surface area contributed by atoms with Gasteiger partial charge in [-0.15, -0.1) is 0 Å². The van der Waals surface area contributed by atoms with Crippen molar-refractivity contribution >= 4 is 5.69 Å². The summed E-state index contributed by atoms with van der Waals surface area (Å²) in [6, 6.07) is 5.07. The maximum atomic E-state index is 11.0. The van der Waals surface area contributed by atoms with E-state index in [1.54, 1.807) is 12.1 Å². The quantitative estimate of drug-likeness (QED) is 0.473. The van der Waals surface area contributed by atoms with Gasteiger partial charge in [-0.1, -0.05) is 6.07 Å². The summed E-state index contributed by atoms with van der Waals surface area (Å²) in [4.78, 5) is 13.0. The van der Waals surface area contributed by atoms with Crippen molar-refractivity contribution in [1.29, 1.82) is 0 Å². The van der Waals surface area contributed by atoms with E-state index in [1.165, 1.54) is 0 Å². The Morgan fingerprint density at radius 1 is 1.33 bits per heavy atom. The van der Waals surface area contributed by atoms with E-state index in [1.807, 2.05) is 13.0 Å². The van der Waals surface area contributed by atoms with Crippen LogP contribution in [0.25, 0.3) is 0 Å². The third-order valence-corrected chi connectivity index (χ3v) is 3.65. The molecule has 116 valence electrons. The number of nitro groups is 1. The van der Waals surface area contributed by atoms with Crippen molar-refractivity contribution in [2.75, 3.05) is 39.3 Å². The van der Waals surface area contributed by atoms with E-state index in [4.69, 9.17) is 4.74 Å². The summed E-state index contributed by atoms with van der Waals surface area (Å²) in [6.45, 7) is 7.76. The molecule has 0 saturated carbocycles. The van der Waals surface area contributed by atoms with Crippen molar-refractivity contribution in [3.8, 4) is 5.75 Å². The molecule has 6 heteroatoms. The Hall–Kier alpha value is -1.66.